The number of methoxy groups -OCH3 is 3. The van der Waals surface area contributed by atoms with Gasteiger partial charge in [0.25, 0.3) is 0 Å². The first kappa shape index (κ1) is 22.9. The topological polar surface area (TPSA) is 74.6 Å². The fourth-order valence-corrected chi connectivity index (χ4v) is 5.40. The van der Waals surface area contributed by atoms with Gasteiger partial charge in [-0.2, -0.15) is 5.10 Å². The number of para-hydroxylation sites is 1. The molecule has 0 spiro atoms. The van der Waals surface area contributed by atoms with Crippen LogP contribution in [0.25, 0.3) is 16.9 Å². The summed E-state index contributed by atoms with van der Waals surface area (Å²) < 4.78 is 18.6. The predicted octanol–water partition coefficient (Wildman–Crippen LogP) is 5.34. The lowest BCUT2D eigenvalue weighted by molar-refractivity contribution is -0.113. The molecule has 2 heterocycles. The number of nitrogens with zero attached hydrogens (tertiary/aromatic N) is 2. The van der Waals surface area contributed by atoms with Crippen LogP contribution < -0.4 is 19.5 Å². The van der Waals surface area contributed by atoms with E-state index in [-0.39, 0.29) is 11.2 Å². The molecule has 0 saturated carbocycles. The number of hydrogen-bond acceptors (Lipinski definition) is 6. The molecule has 1 aliphatic rings. The van der Waals surface area contributed by atoms with Crippen LogP contribution in [-0.4, -0.2) is 42.8 Å². The maximum atomic E-state index is 12.9. The summed E-state index contributed by atoms with van der Waals surface area (Å²) >= 11 is 1.54. The van der Waals surface area contributed by atoms with Crippen molar-refractivity contribution in [2.45, 2.75) is 5.25 Å². The van der Waals surface area contributed by atoms with Crippen molar-refractivity contribution in [3.8, 4) is 34.2 Å². The molecule has 1 aromatic heterocycles. The van der Waals surface area contributed by atoms with Crippen LogP contribution in [-0.2, 0) is 4.79 Å². The SMILES string of the molecule is COc1cc([C@H]2SCC(=O)Nc3c2c(-c2ccccc2)nn3-c2ccccc2)cc(OC)c1OC. The summed E-state index contributed by atoms with van der Waals surface area (Å²) in [5, 5.41) is 7.90. The highest BCUT2D eigenvalue weighted by atomic mass is 32.2. The molecule has 1 aliphatic heterocycles. The normalized spacial score (nSPS) is 15.1. The Balaban J connectivity index is 1.79. The van der Waals surface area contributed by atoms with Crippen molar-refractivity contribution in [1.29, 1.82) is 0 Å². The van der Waals surface area contributed by atoms with Gasteiger partial charge in [0, 0.05) is 11.1 Å². The average Bonchev–Trinajstić information content (AvgIpc) is 3.18. The molecule has 4 aromatic rings. The molecule has 3 aromatic carbocycles. The van der Waals surface area contributed by atoms with Crippen LogP contribution >= 0.6 is 11.8 Å². The monoisotopic (exact) mass is 487 g/mol. The van der Waals surface area contributed by atoms with Crippen molar-refractivity contribution in [1.82, 2.24) is 9.78 Å². The van der Waals surface area contributed by atoms with E-state index < -0.39 is 0 Å². The molecule has 35 heavy (non-hydrogen) atoms. The molecular formula is C27H25N3O4S. The van der Waals surface area contributed by atoms with Crippen LogP contribution in [0.5, 0.6) is 17.2 Å². The Bertz CT molecular complexity index is 1330. The van der Waals surface area contributed by atoms with Gasteiger partial charge in [-0.1, -0.05) is 48.5 Å². The molecule has 0 saturated heterocycles. The largest absolute Gasteiger partial charge is 0.493 e. The summed E-state index contributed by atoms with van der Waals surface area (Å²) in [7, 11) is 4.78. The second kappa shape index (κ2) is 9.76. The van der Waals surface area contributed by atoms with E-state index >= 15 is 0 Å². The van der Waals surface area contributed by atoms with Gasteiger partial charge in [0.1, 0.15) is 5.82 Å². The lowest BCUT2D eigenvalue weighted by Gasteiger charge is -2.20. The first-order chi connectivity index (χ1) is 17.1. The summed E-state index contributed by atoms with van der Waals surface area (Å²) in [6, 6.07) is 23.7. The number of amides is 1. The molecule has 1 atom stereocenters. The molecule has 178 valence electrons. The van der Waals surface area contributed by atoms with E-state index in [4.69, 9.17) is 19.3 Å². The van der Waals surface area contributed by atoms with E-state index in [1.807, 2.05) is 77.5 Å². The number of thioether (sulfide) groups is 1. The smallest absolute Gasteiger partial charge is 0.235 e. The number of fused-ring (bicyclic) bond motifs is 1. The molecule has 0 unspecified atom stereocenters. The number of carbonyl (C=O) groups excluding carboxylic acids is 1. The van der Waals surface area contributed by atoms with Gasteiger partial charge in [-0.05, 0) is 29.8 Å². The van der Waals surface area contributed by atoms with Crippen LogP contribution in [0, 0.1) is 0 Å². The number of rotatable bonds is 6. The Morgan fingerprint density at radius 2 is 1.54 bits per heavy atom. The van der Waals surface area contributed by atoms with E-state index in [9.17, 15) is 4.79 Å². The third-order valence-corrected chi connectivity index (χ3v) is 7.13. The Kier molecular flexibility index (Phi) is 6.37. The molecule has 1 amide bonds. The lowest BCUT2D eigenvalue weighted by atomic mass is 9.99. The van der Waals surface area contributed by atoms with E-state index in [0.717, 1.165) is 28.1 Å². The van der Waals surface area contributed by atoms with Crippen LogP contribution in [0.1, 0.15) is 16.4 Å². The molecule has 8 heteroatoms. The average molecular weight is 488 g/mol. The summed E-state index contributed by atoms with van der Waals surface area (Å²) in [4.78, 5) is 12.9. The maximum Gasteiger partial charge on any atom is 0.235 e. The Labute approximate surface area is 208 Å². The number of benzene rings is 3. The quantitative estimate of drug-likeness (QED) is 0.396. The van der Waals surface area contributed by atoms with Crippen molar-refractivity contribution >= 4 is 23.5 Å². The summed E-state index contributed by atoms with van der Waals surface area (Å²) in [6.07, 6.45) is 0. The highest BCUT2D eigenvalue weighted by Gasteiger charge is 2.33. The molecule has 0 aliphatic carbocycles. The minimum atomic E-state index is -0.217. The molecule has 5 rings (SSSR count). The van der Waals surface area contributed by atoms with Crippen LogP contribution in [0.4, 0.5) is 5.82 Å². The number of nitrogens with one attached hydrogen (secondary N) is 1. The predicted molar refractivity (Wildman–Crippen MR) is 138 cm³/mol. The van der Waals surface area contributed by atoms with Gasteiger partial charge >= 0.3 is 0 Å². The van der Waals surface area contributed by atoms with Gasteiger partial charge in [-0.3, -0.25) is 4.79 Å². The first-order valence-electron chi connectivity index (χ1n) is 11.1. The van der Waals surface area contributed by atoms with Gasteiger partial charge in [-0.15, -0.1) is 11.8 Å². The Morgan fingerprint density at radius 1 is 0.914 bits per heavy atom. The van der Waals surface area contributed by atoms with Crippen molar-refractivity contribution in [2.24, 2.45) is 0 Å². The fourth-order valence-electron chi connectivity index (χ4n) is 4.29. The van der Waals surface area contributed by atoms with Crippen molar-refractivity contribution in [3.63, 3.8) is 0 Å². The zero-order valence-electron chi connectivity index (χ0n) is 19.6. The zero-order chi connectivity index (χ0) is 24.4. The van der Waals surface area contributed by atoms with Crippen LogP contribution in [0.2, 0.25) is 0 Å². The maximum absolute atomic E-state index is 12.9. The minimum absolute atomic E-state index is 0.0807. The summed E-state index contributed by atoms with van der Waals surface area (Å²) in [5.74, 6) is 2.51. The summed E-state index contributed by atoms with van der Waals surface area (Å²) in [6.45, 7) is 0. The number of aromatic nitrogens is 2. The van der Waals surface area contributed by atoms with Gasteiger partial charge in [-0.25, -0.2) is 4.68 Å². The Morgan fingerprint density at radius 3 is 2.14 bits per heavy atom. The zero-order valence-corrected chi connectivity index (χ0v) is 20.5. The lowest BCUT2D eigenvalue weighted by Crippen LogP contribution is -2.15. The van der Waals surface area contributed by atoms with Crippen LogP contribution in [0.15, 0.2) is 72.8 Å². The van der Waals surface area contributed by atoms with Gasteiger partial charge in [0.2, 0.25) is 11.7 Å². The number of hydrogen-bond donors (Lipinski definition) is 1. The minimum Gasteiger partial charge on any atom is -0.493 e. The van der Waals surface area contributed by atoms with Crippen molar-refractivity contribution in [3.05, 3.63) is 83.9 Å². The fraction of sp³-hybridized carbons (Fsp3) is 0.185. The standard InChI is InChI=1S/C27H25N3O4S/c1-32-20-14-18(15-21(33-2)25(20)34-3)26-23-24(17-10-6-4-7-11-17)29-30(19-12-8-5-9-13-19)27(23)28-22(31)16-35-26/h4-15,26H,16H2,1-3H3,(H,28,31)/t26-/m1/s1. The van der Waals surface area contributed by atoms with E-state index in [2.05, 4.69) is 5.32 Å². The van der Waals surface area contributed by atoms with Crippen molar-refractivity contribution in [2.75, 3.05) is 32.4 Å². The molecule has 7 nitrogen and oxygen atoms in total. The highest BCUT2D eigenvalue weighted by Crippen LogP contribution is 2.50. The number of ether oxygens (including phenoxy) is 3. The third-order valence-electron chi connectivity index (χ3n) is 5.86. The first-order valence-corrected chi connectivity index (χ1v) is 12.1. The summed E-state index contributed by atoms with van der Waals surface area (Å²) in [5.41, 5.74) is 4.48. The molecule has 0 bridgehead atoms. The number of carbonyl (C=O) groups is 1. The molecule has 1 N–H and O–H groups in total. The van der Waals surface area contributed by atoms with Crippen molar-refractivity contribution < 1.29 is 19.0 Å². The van der Waals surface area contributed by atoms with E-state index in [1.165, 1.54) is 11.8 Å². The van der Waals surface area contributed by atoms with Gasteiger partial charge in [0.05, 0.1) is 43.7 Å². The second-order valence-electron chi connectivity index (χ2n) is 7.92. The second-order valence-corrected chi connectivity index (χ2v) is 9.02. The van der Waals surface area contributed by atoms with E-state index in [0.29, 0.717) is 28.8 Å². The third kappa shape index (κ3) is 4.21. The number of anilines is 1. The van der Waals surface area contributed by atoms with E-state index in [1.54, 1.807) is 21.3 Å². The molecule has 0 radical (unpaired) electrons. The highest BCUT2D eigenvalue weighted by molar-refractivity contribution is 8.00. The van der Waals surface area contributed by atoms with Gasteiger partial charge in [0.15, 0.2) is 11.5 Å². The molecule has 0 fully saturated rings. The Hall–Kier alpha value is -3.91. The molecular weight excluding hydrogens is 462 g/mol. The van der Waals surface area contributed by atoms with Gasteiger partial charge < -0.3 is 19.5 Å². The van der Waals surface area contributed by atoms with Crippen LogP contribution in [0.3, 0.4) is 0 Å².